The largest absolute Gasteiger partial charge is 0.379 e. The van der Waals surface area contributed by atoms with E-state index in [-0.39, 0.29) is 5.41 Å². The maximum Gasteiger partial charge on any atom is 0.0518 e. The van der Waals surface area contributed by atoms with E-state index in [4.69, 9.17) is 4.74 Å². The van der Waals surface area contributed by atoms with Crippen molar-refractivity contribution in [2.75, 3.05) is 13.2 Å². The van der Waals surface area contributed by atoms with Crippen LogP contribution >= 0.6 is 0 Å². The summed E-state index contributed by atoms with van der Waals surface area (Å²) >= 11 is 0. The number of hydrogen-bond acceptors (Lipinski definition) is 2. The van der Waals surface area contributed by atoms with E-state index < -0.39 is 0 Å². The van der Waals surface area contributed by atoms with Crippen LogP contribution in [-0.2, 0) is 10.2 Å². The van der Waals surface area contributed by atoms with E-state index >= 15 is 0 Å². The molecule has 0 spiro atoms. The fourth-order valence-corrected chi connectivity index (χ4v) is 2.74. The number of unbranched alkanes of at least 4 members (excludes halogenated alkanes) is 1. The average Bonchev–Trinajstić information content (AvgIpc) is 2.43. The zero-order chi connectivity index (χ0) is 15.7. The van der Waals surface area contributed by atoms with Crippen molar-refractivity contribution in [2.45, 2.75) is 71.4 Å². The van der Waals surface area contributed by atoms with E-state index in [1.165, 1.54) is 12.0 Å². The molecule has 1 aromatic rings. The Labute approximate surface area is 131 Å². The Hall–Kier alpha value is -0.860. The minimum Gasteiger partial charge on any atom is -0.379 e. The summed E-state index contributed by atoms with van der Waals surface area (Å²) in [6, 6.07) is 11.3. The monoisotopic (exact) mass is 291 g/mol. The minimum atomic E-state index is 0.217. The van der Waals surface area contributed by atoms with Crippen LogP contribution < -0.4 is 5.32 Å². The van der Waals surface area contributed by atoms with Gasteiger partial charge in [0.25, 0.3) is 0 Å². The van der Waals surface area contributed by atoms with E-state index in [2.05, 4.69) is 70.3 Å². The van der Waals surface area contributed by atoms with E-state index in [9.17, 15) is 0 Å². The first-order chi connectivity index (χ1) is 9.92. The van der Waals surface area contributed by atoms with E-state index in [1.54, 1.807) is 0 Å². The van der Waals surface area contributed by atoms with Crippen molar-refractivity contribution in [2.24, 2.45) is 0 Å². The molecule has 0 radical (unpaired) electrons. The molecule has 0 amide bonds. The van der Waals surface area contributed by atoms with Crippen molar-refractivity contribution in [3.63, 3.8) is 0 Å². The van der Waals surface area contributed by atoms with Gasteiger partial charge in [0.05, 0.1) is 6.10 Å². The van der Waals surface area contributed by atoms with Gasteiger partial charge in [0.2, 0.25) is 0 Å². The van der Waals surface area contributed by atoms with Crippen molar-refractivity contribution >= 4 is 0 Å². The van der Waals surface area contributed by atoms with Crippen LogP contribution in [0.1, 0.15) is 59.4 Å². The van der Waals surface area contributed by atoms with Crippen LogP contribution in [0.5, 0.6) is 0 Å². The van der Waals surface area contributed by atoms with E-state index in [0.29, 0.717) is 12.1 Å². The molecule has 0 heterocycles. The highest BCUT2D eigenvalue weighted by Gasteiger charge is 2.22. The lowest BCUT2D eigenvalue weighted by Crippen LogP contribution is -2.33. The summed E-state index contributed by atoms with van der Waals surface area (Å²) in [6.45, 7) is 13.1. The standard InChI is InChI=1S/C19H33NO/c1-16(2)21-14-10-9-13-20-17(3)15-19(4,5)18-11-7-6-8-12-18/h6-8,11-12,16-17,20H,9-10,13-15H2,1-5H3. The predicted octanol–water partition coefficient (Wildman–Crippen LogP) is 4.54. The molecule has 0 bridgehead atoms. The lowest BCUT2D eigenvalue weighted by molar-refractivity contribution is 0.0759. The fraction of sp³-hybridized carbons (Fsp3) is 0.684. The minimum absolute atomic E-state index is 0.217. The molecule has 120 valence electrons. The van der Waals surface area contributed by atoms with Gasteiger partial charge in [-0.3, -0.25) is 0 Å². The lowest BCUT2D eigenvalue weighted by Gasteiger charge is -2.29. The molecule has 1 rings (SSSR count). The fourth-order valence-electron chi connectivity index (χ4n) is 2.74. The number of benzene rings is 1. The summed E-state index contributed by atoms with van der Waals surface area (Å²) in [6.07, 6.45) is 3.83. The van der Waals surface area contributed by atoms with Crippen molar-refractivity contribution in [1.29, 1.82) is 0 Å². The number of hydrogen-bond donors (Lipinski definition) is 1. The SMILES string of the molecule is CC(CC(C)(C)c1ccccc1)NCCCCOC(C)C. The van der Waals surface area contributed by atoms with Gasteiger partial charge < -0.3 is 10.1 Å². The van der Waals surface area contributed by atoms with Crippen molar-refractivity contribution in [3.05, 3.63) is 35.9 Å². The van der Waals surface area contributed by atoms with Crippen LogP contribution in [0.2, 0.25) is 0 Å². The Kier molecular flexibility index (Phi) is 7.98. The zero-order valence-electron chi connectivity index (χ0n) is 14.5. The summed E-state index contributed by atoms with van der Waals surface area (Å²) in [7, 11) is 0. The van der Waals surface area contributed by atoms with Gasteiger partial charge in [-0.15, -0.1) is 0 Å². The van der Waals surface area contributed by atoms with Gasteiger partial charge in [0.15, 0.2) is 0 Å². The molecule has 0 aliphatic rings. The summed E-state index contributed by atoms with van der Waals surface area (Å²) < 4.78 is 5.56. The molecule has 1 unspecified atom stereocenters. The summed E-state index contributed by atoms with van der Waals surface area (Å²) in [5, 5.41) is 3.64. The van der Waals surface area contributed by atoms with Gasteiger partial charge in [0.1, 0.15) is 0 Å². The topological polar surface area (TPSA) is 21.3 Å². The molecule has 0 saturated heterocycles. The molecular weight excluding hydrogens is 258 g/mol. The number of rotatable bonds is 10. The van der Waals surface area contributed by atoms with Crippen molar-refractivity contribution < 1.29 is 4.74 Å². The molecule has 0 aliphatic carbocycles. The van der Waals surface area contributed by atoms with Crippen LogP contribution in [0.4, 0.5) is 0 Å². The molecule has 21 heavy (non-hydrogen) atoms. The molecule has 1 atom stereocenters. The van der Waals surface area contributed by atoms with Crippen LogP contribution in [0.3, 0.4) is 0 Å². The highest BCUT2D eigenvalue weighted by atomic mass is 16.5. The smallest absolute Gasteiger partial charge is 0.0518 e. The van der Waals surface area contributed by atoms with E-state index in [0.717, 1.165) is 26.0 Å². The van der Waals surface area contributed by atoms with Crippen LogP contribution in [0.25, 0.3) is 0 Å². The van der Waals surface area contributed by atoms with E-state index in [1.807, 2.05) is 0 Å². The quantitative estimate of drug-likeness (QED) is 0.639. The van der Waals surface area contributed by atoms with Gasteiger partial charge >= 0.3 is 0 Å². The maximum absolute atomic E-state index is 5.56. The van der Waals surface area contributed by atoms with Crippen LogP contribution in [-0.4, -0.2) is 25.3 Å². The van der Waals surface area contributed by atoms with Crippen LogP contribution in [0.15, 0.2) is 30.3 Å². The Balaban J connectivity index is 2.22. The summed E-state index contributed by atoms with van der Waals surface area (Å²) in [5.41, 5.74) is 1.64. The zero-order valence-corrected chi connectivity index (χ0v) is 14.5. The predicted molar refractivity (Wildman–Crippen MR) is 91.9 cm³/mol. The third kappa shape index (κ3) is 7.63. The third-order valence-electron chi connectivity index (χ3n) is 3.89. The molecule has 0 aromatic heterocycles. The Bertz CT molecular complexity index is 372. The maximum atomic E-state index is 5.56. The molecular formula is C19H33NO. The molecule has 2 heteroatoms. The van der Waals surface area contributed by atoms with Gasteiger partial charge in [-0.25, -0.2) is 0 Å². The van der Waals surface area contributed by atoms with Gasteiger partial charge in [-0.2, -0.15) is 0 Å². The first kappa shape index (κ1) is 18.2. The summed E-state index contributed by atoms with van der Waals surface area (Å²) in [5.74, 6) is 0. The van der Waals surface area contributed by atoms with Crippen molar-refractivity contribution in [3.8, 4) is 0 Å². The van der Waals surface area contributed by atoms with Gasteiger partial charge in [0, 0.05) is 12.6 Å². The average molecular weight is 291 g/mol. The Morgan fingerprint density at radius 1 is 1.05 bits per heavy atom. The van der Waals surface area contributed by atoms with Gasteiger partial charge in [-0.1, -0.05) is 44.2 Å². The molecule has 0 saturated carbocycles. The number of nitrogens with one attached hydrogen (secondary N) is 1. The Morgan fingerprint density at radius 2 is 1.71 bits per heavy atom. The molecule has 2 nitrogen and oxygen atoms in total. The highest BCUT2D eigenvalue weighted by Crippen LogP contribution is 2.28. The first-order valence-electron chi connectivity index (χ1n) is 8.32. The second-order valence-corrected chi connectivity index (χ2v) is 6.94. The normalized spacial score (nSPS) is 13.6. The van der Waals surface area contributed by atoms with Crippen LogP contribution in [0, 0.1) is 0 Å². The van der Waals surface area contributed by atoms with Gasteiger partial charge in [-0.05, 0) is 57.6 Å². The molecule has 0 fully saturated rings. The molecule has 0 aliphatic heterocycles. The Morgan fingerprint density at radius 3 is 2.33 bits per heavy atom. The molecule has 1 aromatic carbocycles. The number of ether oxygens (including phenoxy) is 1. The first-order valence-corrected chi connectivity index (χ1v) is 8.32. The lowest BCUT2D eigenvalue weighted by atomic mass is 9.79. The highest BCUT2D eigenvalue weighted by molar-refractivity contribution is 5.23. The third-order valence-corrected chi connectivity index (χ3v) is 3.89. The second-order valence-electron chi connectivity index (χ2n) is 6.94. The molecule has 1 N–H and O–H groups in total. The second kappa shape index (κ2) is 9.22. The summed E-state index contributed by atoms with van der Waals surface area (Å²) in [4.78, 5) is 0. The van der Waals surface area contributed by atoms with Crippen molar-refractivity contribution in [1.82, 2.24) is 5.32 Å².